The second-order valence-corrected chi connectivity index (χ2v) is 9.64. The number of hydrogen-bond donors (Lipinski definition) is 2. The number of carbonyl (C=O) groups is 1. The summed E-state index contributed by atoms with van der Waals surface area (Å²) in [5.41, 5.74) is 1.98. The number of amides is 1. The largest absolute Gasteiger partial charge is 0.411 e. The van der Waals surface area contributed by atoms with Gasteiger partial charge in [0.2, 0.25) is 11.8 Å². The van der Waals surface area contributed by atoms with Crippen LogP contribution >= 0.6 is 11.8 Å². The number of aromatic nitrogens is 3. The third kappa shape index (κ3) is 5.79. The van der Waals surface area contributed by atoms with Gasteiger partial charge in [-0.3, -0.25) is 9.52 Å². The molecule has 0 fully saturated rings. The number of sulfonamides is 1. The number of rotatable bonds is 8. The molecular weight excluding hydrogens is 466 g/mol. The molecule has 0 saturated heterocycles. The number of benzene rings is 2. The minimum Gasteiger partial charge on any atom is -0.411 e. The smallest absolute Gasteiger partial charge is 0.277 e. The van der Waals surface area contributed by atoms with Crippen LogP contribution in [0.25, 0.3) is 11.5 Å². The van der Waals surface area contributed by atoms with Gasteiger partial charge >= 0.3 is 0 Å². The number of nitrogens with zero attached hydrogens (tertiary/aromatic N) is 3. The quantitative estimate of drug-likeness (QED) is 0.356. The molecule has 12 heteroatoms. The first-order valence-corrected chi connectivity index (χ1v) is 12.1. The van der Waals surface area contributed by atoms with Crippen LogP contribution in [0.3, 0.4) is 0 Å². The van der Waals surface area contributed by atoms with Gasteiger partial charge in [0.05, 0.1) is 10.6 Å². The molecule has 170 valence electrons. The Kier molecular flexibility index (Phi) is 6.47. The van der Waals surface area contributed by atoms with Crippen molar-refractivity contribution in [2.45, 2.75) is 24.0 Å². The minimum absolute atomic E-state index is 0.0489. The highest BCUT2D eigenvalue weighted by Crippen LogP contribution is 2.25. The Morgan fingerprint density at radius 1 is 1.03 bits per heavy atom. The van der Waals surface area contributed by atoms with Gasteiger partial charge in [0.25, 0.3) is 15.2 Å². The fraction of sp³-hybridized carbons (Fsp3) is 0.143. The first-order valence-electron chi connectivity index (χ1n) is 9.68. The van der Waals surface area contributed by atoms with Gasteiger partial charge in [0.1, 0.15) is 5.76 Å². The zero-order chi connectivity index (χ0) is 23.4. The number of nitrogens with one attached hydrogen (secondary N) is 2. The maximum absolute atomic E-state index is 12.5. The van der Waals surface area contributed by atoms with E-state index in [2.05, 4.69) is 25.4 Å². The summed E-state index contributed by atoms with van der Waals surface area (Å²) in [5, 5.41) is 14.4. The zero-order valence-corrected chi connectivity index (χ0v) is 19.2. The lowest BCUT2D eigenvalue weighted by molar-refractivity contribution is -0.113. The van der Waals surface area contributed by atoms with Crippen molar-refractivity contribution in [3.8, 4) is 11.5 Å². The molecule has 4 aromatic rings. The summed E-state index contributed by atoms with van der Waals surface area (Å²) in [7, 11) is -3.69. The predicted octanol–water partition coefficient (Wildman–Crippen LogP) is 3.87. The highest BCUT2D eigenvalue weighted by molar-refractivity contribution is 7.99. The number of thioether (sulfide) groups is 1. The highest BCUT2D eigenvalue weighted by Gasteiger charge is 2.15. The highest BCUT2D eigenvalue weighted by atomic mass is 32.2. The Bertz CT molecular complexity index is 1360. The zero-order valence-electron chi connectivity index (χ0n) is 17.6. The lowest BCUT2D eigenvalue weighted by Gasteiger charge is -2.08. The molecule has 2 heterocycles. The lowest BCUT2D eigenvalue weighted by Crippen LogP contribution is -2.14. The second-order valence-electron chi connectivity index (χ2n) is 7.03. The van der Waals surface area contributed by atoms with Crippen molar-refractivity contribution in [3.05, 3.63) is 65.9 Å². The summed E-state index contributed by atoms with van der Waals surface area (Å²) in [5.74, 6) is 0.930. The molecule has 2 aromatic carbocycles. The van der Waals surface area contributed by atoms with Crippen molar-refractivity contribution < 1.29 is 22.2 Å². The van der Waals surface area contributed by atoms with Gasteiger partial charge in [-0.15, -0.1) is 10.2 Å². The molecule has 1 amide bonds. The fourth-order valence-corrected chi connectivity index (χ4v) is 4.35. The minimum atomic E-state index is -3.69. The van der Waals surface area contributed by atoms with Gasteiger partial charge in [-0.05, 0) is 50.2 Å². The molecule has 0 spiro atoms. The molecule has 33 heavy (non-hydrogen) atoms. The van der Waals surface area contributed by atoms with E-state index in [1.807, 2.05) is 6.92 Å². The molecule has 0 saturated carbocycles. The number of carbonyl (C=O) groups excluding carboxylic acids is 1. The van der Waals surface area contributed by atoms with E-state index in [0.29, 0.717) is 22.8 Å². The van der Waals surface area contributed by atoms with Crippen molar-refractivity contribution >= 4 is 39.2 Å². The topological polar surface area (TPSA) is 140 Å². The molecule has 10 nitrogen and oxygen atoms in total. The van der Waals surface area contributed by atoms with Gasteiger partial charge in [-0.25, -0.2) is 8.42 Å². The van der Waals surface area contributed by atoms with Crippen LogP contribution in [0.5, 0.6) is 0 Å². The molecule has 2 N–H and O–H groups in total. The predicted molar refractivity (Wildman–Crippen MR) is 122 cm³/mol. The maximum Gasteiger partial charge on any atom is 0.277 e. The van der Waals surface area contributed by atoms with E-state index < -0.39 is 10.0 Å². The van der Waals surface area contributed by atoms with Gasteiger partial charge in [-0.2, -0.15) is 0 Å². The summed E-state index contributed by atoms with van der Waals surface area (Å²) in [6, 6.07) is 14.7. The number of anilines is 2. The van der Waals surface area contributed by atoms with Crippen molar-refractivity contribution in [3.63, 3.8) is 0 Å². The van der Waals surface area contributed by atoms with Gasteiger partial charge in [0.15, 0.2) is 5.82 Å². The van der Waals surface area contributed by atoms with E-state index in [1.165, 1.54) is 0 Å². The molecule has 0 atom stereocenters. The first-order chi connectivity index (χ1) is 15.8. The standard InChI is InChI=1S/C21H19N5O5S2/c1-13-3-9-17(10-4-13)33(28,29)26-16-7-5-15(6-8-16)20-23-24-21(30-20)32-12-19(27)22-18-11-14(2)31-25-18/h3-11,26H,12H2,1-2H3,(H,22,25,27). The molecule has 0 aliphatic heterocycles. The average Bonchev–Trinajstić information content (AvgIpc) is 3.42. The Morgan fingerprint density at radius 3 is 2.42 bits per heavy atom. The Labute approximate surface area is 193 Å². The van der Waals surface area contributed by atoms with E-state index in [4.69, 9.17) is 8.94 Å². The molecular formula is C21H19N5O5S2. The molecule has 0 aliphatic rings. The first kappa shape index (κ1) is 22.6. The number of aryl methyl sites for hydroxylation is 2. The Hall–Kier alpha value is -3.64. The fourth-order valence-electron chi connectivity index (χ4n) is 2.73. The maximum atomic E-state index is 12.5. The molecule has 4 rings (SSSR count). The van der Waals surface area contributed by atoms with E-state index in [-0.39, 0.29) is 27.7 Å². The Morgan fingerprint density at radius 2 is 1.76 bits per heavy atom. The van der Waals surface area contributed by atoms with Crippen LogP contribution in [0.1, 0.15) is 11.3 Å². The molecule has 0 unspecified atom stereocenters. The van der Waals surface area contributed by atoms with E-state index >= 15 is 0 Å². The van der Waals surface area contributed by atoms with Crippen molar-refractivity contribution in [1.29, 1.82) is 0 Å². The van der Waals surface area contributed by atoms with Crippen LogP contribution < -0.4 is 10.0 Å². The number of hydrogen-bond acceptors (Lipinski definition) is 9. The van der Waals surface area contributed by atoms with Crippen LogP contribution in [-0.2, 0) is 14.8 Å². The summed E-state index contributed by atoms with van der Waals surface area (Å²) in [4.78, 5) is 12.2. The average molecular weight is 486 g/mol. The van der Waals surface area contributed by atoms with Crippen LogP contribution in [0.2, 0.25) is 0 Å². The second kappa shape index (κ2) is 9.46. The molecule has 0 aliphatic carbocycles. The molecule has 2 aromatic heterocycles. The summed E-state index contributed by atoms with van der Waals surface area (Å²) >= 11 is 1.08. The van der Waals surface area contributed by atoms with Crippen LogP contribution in [-0.4, -0.2) is 35.4 Å². The van der Waals surface area contributed by atoms with Gasteiger partial charge in [-0.1, -0.05) is 34.6 Å². The third-order valence-electron chi connectivity index (χ3n) is 4.34. The van der Waals surface area contributed by atoms with Crippen molar-refractivity contribution in [2.24, 2.45) is 0 Å². The van der Waals surface area contributed by atoms with E-state index in [9.17, 15) is 13.2 Å². The summed E-state index contributed by atoms with van der Waals surface area (Å²) in [6.07, 6.45) is 0. The lowest BCUT2D eigenvalue weighted by atomic mass is 10.2. The van der Waals surface area contributed by atoms with Crippen LogP contribution in [0, 0.1) is 13.8 Å². The Balaban J connectivity index is 1.35. The van der Waals surface area contributed by atoms with Gasteiger partial charge < -0.3 is 14.3 Å². The SMILES string of the molecule is Cc1ccc(S(=O)(=O)Nc2ccc(-c3nnc(SCC(=O)Nc4cc(C)on4)o3)cc2)cc1. The third-order valence-corrected chi connectivity index (χ3v) is 6.56. The van der Waals surface area contributed by atoms with Gasteiger partial charge in [0, 0.05) is 17.3 Å². The monoisotopic (exact) mass is 485 g/mol. The summed E-state index contributed by atoms with van der Waals surface area (Å²) < 4.78 is 38.0. The molecule has 0 bridgehead atoms. The van der Waals surface area contributed by atoms with Crippen LogP contribution in [0.4, 0.5) is 11.5 Å². The summed E-state index contributed by atoms with van der Waals surface area (Å²) in [6.45, 7) is 3.61. The van der Waals surface area contributed by atoms with Crippen molar-refractivity contribution in [2.75, 3.05) is 15.8 Å². The van der Waals surface area contributed by atoms with Crippen LogP contribution in [0.15, 0.2) is 73.7 Å². The van der Waals surface area contributed by atoms with E-state index in [0.717, 1.165) is 17.3 Å². The van der Waals surface area contributed by atoms with E-state index in [1.54, 1.807) is 61.5 Å². The molecule has 0 radical (unpaired) electrons. The van der Waals surface area contributed by atoms with Crippen molar-refractivity contribution in [1.82, 2.24) is 15.4 Å². The normalized spacial score (nSPS) is 11.3.